The van der Waals surface area contributed by atoms with E-state index in [-0.39, 0.29) is 0 Å². The highest BCUT2D eigenvalue weighted by Crippen LogP contribution is 2.46. The summed E-state index contributed by atoms with van der Waals surface area (Å²) in [5, 5.41) is 0. The second kappa shape index (κ2) is 1.88. The van der Waals surface area contributed by atoms with Crippen molar-refractivity contribution in [3.8, 4) is 0 Å². The SMILES string of the molecule is C1=CC2=CC3=C(C1)C2CCC3. The Morgan fingerprint density at radius 1 is 1.36 bits per heavy atom. The van der Waals surface area contributed by atoms with Gasteiger partial charge in [0.2, 0.25) is 0 Å². The van der Waals surface area contributed by atoms with E-state index < -0.39 is 0 Å². The maximum absolute atomic E-state index is 2.43. The molecule has 1 atom stereocenters. The molecule has 0 fully saturated rings. The Hall–Kier alpha value is -0.780. The van der Waals surface area contributed by atoms with Crippen molar-refractivity contribution in [3.05, 3.63) is 34.9 Å². The van der Waals surface area contributed by atoms with Crippen LogP contribution in [0.3, 0.4) is 0 Å². The fraction of sp³-hybridized carbons (Fsp3) is 0.455. The molecule has 3 aliphatic carbocycles. The molecule has 3 aliphatic rings. The summed E-state index contributed by atoms with van der Waals surface area (Å²) < 4.78 is 0. The van der Waals surface area contributed by atoms with E-state index in [1.807, 2.05) is 0 Å². The van der Waals surface area contributed by atoms with Crippen LogP contribution in [0.2, 0.25) is 0 Å². The molecular weight excluding hydrogens is 132 g/mol. The fourth-order valence-corrected chi connectivity index (χ4v) is 2.65. The fourth-order valence-electron chi connectivity index (χ4n) is 2.65. The van der Waals surface area contributed by atoms with Crippen LogP contribution in [0.5, 0.6) is 0 Å². The van der Waals surface area contributed by atoms with E-state index in [0.29, 0.717) is 0 Å². The molecule has 11 heavy (non-hydrogen) atoms. The third-order valence-electron chi connectivity index (χ3n) is 3.16. The van der Waals surface area contributed by atoms with Crippen LogP contribution in [0.1, 0.15) is 25.7 Å². The van der Waals surface area contributed by atoms with Crippen LogP contribution in [0.25, 0.3) is 0 Å². The summed E-state index contributed by atoms with van der Waals surface area (Å²) in [5.74, 6) is 0.851. The van der Waals surface area contributed by atoms with E-state index in [4.69, 9.17) is 0 Å². The molecule has 0 heterocycles. The first-order chi connectivity index (χ1) is 5.45. The quantitative estimate of drug-likeness (QED) is 0.490. The van der Waals surface area contributed by atoms with Crippen molar-refractivity contribution < 1.29 is 0 Å². The summed E-state index contributed by atoms with van der Waals surface area (Å²) in [5.41, 5.74) is 5.01. The van der Waals surface area contributed by atoms with Crippen LogP contribution in [-0.2, 0) is 0 Å². The van der Waals surface area contributed by atoms with Crippen LogP contribution in [0.15, 0.2) is 34.9 Å². The van der Waals surface area contributed by atoms with Gasteiger partial charge in [-0.1, -0.05) is 23.8 Å². The van der Waals surface area contributed by atoms with Crippen molar-refractivity contribution >= 4 is 0 Å². The van der Waals surface area contributed by atoms with Crippen molar-refractivity contribution in [2.75, 3.05) is 0 Å². The third-order valence-corrected chi connectivity index (χ3v) is 3.16. The zero-order valence-corrected chi connectivity index (χ0v) is 6.64. The minimum Gasteiger partial charge on any atom is -0.0801 e. The molecule has 3 rings (SSSR count). The molecule has 1 unspecified atom stereocenters. The second-order valence-electron chi connectivity index (χ2n) is 3.75. The maximum atomic E-state index is 2.43. The summed E-state index contributed by atoms with van der Waals surface area (Å²) in [4.78, 5) is 0. The Morgan fingerprint density at radius 3 is 3.27 bits per heavy atom. The van der Waals surface area contributed by atoms with Gasteiger partial charge < -0.3 is 0 Å². The highest BCUT2D eigenvalue weighted by molar-refractivity contribution is 5.51. The number of rotatable bonds is 0. The monoisotopic (exact) mass is 144 g/mol. The lowest BCUT2D eigenvalue weighted by molar-refractivity contribution is 0.574. The van der Waals surface area contributed by atoms with Crippen molar-refractivity contribution in [3.63, 3.8) is 0 Å². The highest BCUT2D eigenvalue weighted by Gasteiger charge is 2.30. The molecule has 0 saturated carbocycles. The van der Waals surface area contributed by atoms with Crippen LogP contribution >= 0.6 is 0 Å². The van der Waals surface area contributed by atoms with E-state index >= 15 is 0 Å². The first-order valence-electron chi connectivity index (χ1n) is 4.55. The lowest BCUT2D eigenvalue weighted by atomic mass is 9.81. The average Bonchev–Trinajstić information content (AvgIpc) is 2.31. The molecule has 0 heteroatoms. The first-order valence-corrected chi connectivity index (χ1v) is 4.55. The summed E-state index contributed by atoms with van der Waals surface area (Å²) >= 11 is 0. The Morgan fingerprint density at radius 2 is 2.36 bits per heavy atom. The summed E-state index contributed by atoms with van der Waals surface area (Å²) in [6.45, 7) is 0. The van der Waals surface area contributed by atoms with Gasteiger partial charge in [0.1, 0.15) is 0 Å². The minimum absolute atomic E-state index is 0.851. The molecule has 4 bridgehead atoms. The molecule has 0 radical (unpaired) electrons. The molecular formula is C11H12. The smallest absolute Gasteiger partial charge is 0.00572 e. The third kappa shape index (κ3) is 0.649. The number of hydrogen-bond acceptors (Lipinski definition) is 0. The molecule has 0 saturated heterocycles. The van der Waals surface area contributed by atoms with Crippen LogP contribution in [0, 0.1) is 5.92 Å². The standard InChI is InChI=1S/C11H12/c1-3-8-7-9-4-2-6-11(8)10(9)5-1/h1,3,7,11H,2,4-6H2. The van der Waals surface area contributed by atoms with Crippen molar-refractivity contribution in [1.82, 2.24) is 0 Å². The van der Waals surface area contributed by atoms with Crippen molar-refractivity contribution in [1.29, 1.82) is 0 Å². The van der Waals surface area contributed by atoms with Crippen molar-refractivity contribution in [2.45, 2.75) is 25.7 Å². The van der Waals surface area contributed by atoms with Gasteiger partial charge in [0.05, 0.1) is 0 Å². The molecule has 0 amide bonds. The van der Waals surface area contributed by atoms with E-state index in [2.05, 4.69) is 18.2 Å². The molecule has 0 aliphatic heterocycles. The average molecular weight is 144 g/mol. The highest BCUT2D eigenvalue weighted by atomic mass is 14.3. The second-order valence-corrected chi connectivity index (χ2v) is 3.75. The first kappa shape index (κ1) is 5.82. The Bertz CT molecular complexity index is 289. The van der Waals surface area contributed by atoms with Gasteiger partial charge in [-0.05, 0) is 36.8 Å². The van der Waals surface area contributed by atoms with Gasteiger partial charge in [-0.3, -0.25) is 0 Å². The Balaban J connectivity index is 2.19. The van der Waals surface area contributed by atoms with Gasteiger partial charge in [0, 0.05) is 5.92 Å². The lowest BCUT2D eigenvalue weighted by Crippen LogP contribution is -2.09. The molecule has 0 aromatic carbocycles. The Labute approximate surface area is 67.3 Å². The molecule has 0 N–H and O–H groups in total. The zero-order valence-electron chi connectivity index (χ0n) is 6.64. The van der Waals surface area contributed by atoms with E-state index in [1.54, 1.807) is 16.7 Å². The summed E-state index contributed by atoms with van der Waals surface area (Å²) in [6.07, 6.45) is 12.5. The lowest BCUT2D eigenvalue weighted by Gasteiger charge is -2.24. The van der Waals surface area contributed by atoms with E-state index in [9.17, 15) is 0 Å². The minimum atomic E-state index is 0.851. The van der Waals surface area contributed by atoms with Gasteiger partial charge in [0.25, 0.3) is 0 Å². The van der Waals surface area contributed by atoms with E-state index in [0.717, 1.165) is 5.92 Å². The van der Waals surface area contributed by atoms with Gasteiger partial charge in [0.15, 0.2) is 0 Å². The normalized spacial score (nSPS) is 32.7. The molecule has 0 nitrogen and oxygen atoms in total. The topological polar surface area (TPSA) is 0 Å². The zero-order chi connectivity index (χ0) is 7.26. The maximum Gasteiger partial charge on any atom is 0.00572 e. The summed E-state index contributed by atoms with van der Waals surface area (Å²) in [6, 6.07) is 0. The predicted molar refractivity (Wildman–Crippen MR) is 46.2 cm³/mol. The number of allylic oxidation sites excluding steroid dienone is 6. The molecule has 0 aromatic heterocycles. The summed E-state index contributed by atoms with van der Waals surface area (Å²) in [7, 11) is 0. The molecule has 0 aromatic rings. The van der Waals surface area contributed by atoms with Gasteiger partial charge in [-0.15, -0.1) is 0 Å². The Kier molecular flexibility index (Phi) is 0.993. The number of hydrogen-bond donors (Lipinski definition) is 0. The van der Waals surface area contributed by atoms with Crippen LogP contribution in [-0.4, -0.2) is 0 Å². The molecule has 56 valence electrons. The van der Waals surface area contributed by atoms with Gasteiger partial charge in [-0.25, -0.2) is 0 Å². The molecule has 0 spiro atoms. The van der Waals surface area contributed by atoms with Crippen LogP contribution < -0.4 is 0 Å². The van der Waals surface area contributed by atoms with Crippen molar-refractivity contribution in [2.24, 2.45) is 5.92 Å². The van der Waals surface area contributed by atoms with Crippen LogP contribution in [0.4, 0.5) is 0 Å². The van der Waals surface area contributed by atoms with E-state index in [1.165, 1.54) is 25.7 Å². The predicted octanol–water partition coefficient (Wildman–Crippen LogP) is 2.98. The largest absolute Gasteiger partial charge is 0.0801 e. The van der Waals surface area contributed by atoms with Gasteiger partial charge in [-0.2, -0.15) is 0 Å². The van der Waals surface area contributed by atoms with Gasteiger partial charge >= 0.3 is 0 Å².